The number of carbonyl (C=O) groups excluding carboxylic acids is 2. The highest BCUT2D eigenvalue weighted by atomic mass is 32.2. The van der Waals surface area contributed by atoms with Gasteiger partial charge in [0.15, 0.2) is 0 Å². The van der Waals surface area contributed by atoms with Gasteiger partial charge in [0.2, 0.25) is 21.8 Å². The normalized spacial score (nSPS) is 15.2. The molecule has 0 aromatic heterocycles. The van der Waals surface area contributed by atoms with E-state index in [1.165, 1.54) is 12.1 Å². The van der Waals surface area contributed by atoms with E-state index in [-0.39, 0.29) is 18.0 Å². The summed E-state index contributed by atoms with van der Waals surface area (Å²) in [5.41, 5.74) is 1.46. The van der Waals surface area contributed by atoms with Crippen molar-refractivity contribution in [2.75, 3.05) is 27.3 Å². The third kappa shape index (κ3) is 4.79. The fourth-order valence-corrected chi connectivity index (χ4v) is 4.73. The maximum absolute atomic E-state index is 13.3. The summed E-state index contributed by atoms with van der Waals surface area (Å²) in [5, 5.41) is 2.73. The van der Waals surface area contributed by atoms with E-state index in [9.17, 15) is 22.4 Å². The van der Waals surface area contributed by atoms with Crippen molar-refractivity contribution in [3.8, 4) is 0 Å². The third-order valence-corrected chi connectivity index (χ3v) is 6.11. The average molecular weight is 434 g/mol. The van der Waals surface area contributed by atoms with Gasteiger partial charge < -0.3 is 10.2 Å². The zero-order valence-electron chi connectivity index (χ0n) is 16.8. The predicted molar refractivity (Wildman–Crippen MR) is 114 cm³/mol. The van der Waals surface area contributed by atoms with Crippen LogP contribution in [0.1, 0.15) is 26.2 Å². The summed E-state index contributed by atoms with van der Waals surface area (Å²) in [4.78, 5) is 26.5. The molecule has 2 amide bonds. The molecule has 1 fully saturated rings. The van der Waals surface area contributed by atoms with Crippen LogP contribution in [-0.2, 0) is 19.6 Å². The van der Waals surface area contributed by atoms with Gasteiger partial charge in [-0.3, -0.25) is 13.9 Å². The van der Waals surface area contributed by atoms with Gasteiger partial charge in [0.05, 0.1) is 11.9 Å². The zero-order valence-corrected chi connectivity index (χ0v) is 17.7. The molecule has 2 aromatic rings. The molecule has 0 spiro atoms. The number of benzene rings is 2. The lowest BCUT2D eigenvalue weighted by Gasteiger charge is -2.30. The molecule has 1 atom stereocenters. The lowest BCUT2D eigenvalue weighted by Crippen LogP contribution is -2.47. The molecule has 30 heavy (non-hydrogen) atoms. The van der Waals surface area contributed by atoms with Crippen LogP contribution < -0.4 is 14.5 Å². The highest BCUT2D eigenvalue weighted by Crippen LogP contribution is 2.25. The third-order valence-electron chi connectivity index (χ3n) is 4.93. The van der Waals surface area contributed by atoms with Crippen molar-refractivity contribution >= 4 is 38.9 Å². The summed E-state index contributed by atoms with van der Waals surface area (Å²) in [6, 6.07) is 10.8. The fraction of sp³-hybridized carbons (Fsp3) is 0.333. The fourth-order valence-electron chi connectivity index (χ4n) is 3.52. The summed E-state index contributed by atoms with van der Waals surface area (Å²) in [5.74, 6) is -0.931. The highest BCUT2D eigenvalue weighted by Gasteiger charge is 2.31. The predicted octanol–water partition coefficient (Wildman–Crippen LogP) is 3.14. The Morgan fingerprint density at radius 2 is 1.80 bits per heavy atom. The van der Waals surface area contributed by atoms with Gasteiger partial charge >= 0.3 is 0 Å². The van der Waals surface area contributed by atoms with Crippen molar-refractivity contribution in [2.24, 2.45) is 0 Å². The van der Waals surface area contributed by atoms with E-state index >= 15 is 0 Å². The first kappa shape index (κ1) is 21.8. The average Bonchev–Trinajstić information content (AvgIpc) is 3.12. The van der Waals surface area contributed by atoms with E-state index in [2.05, 4.69) is 5.32 Å². The van der Waals surface area contributed by atoms with E-state index < -0.39 is 27.8 Å². The Kier molecular flexibility index (Phi) is 6.40. The minimum atomic E-state index is -3.80. The van der Waals surface area contributed by atoms with Crippen molar-refractivity contribution in [3.63, 3.8) is 0 Å². The van der Waals surface area contributed by atoms with Crippen LogP contribution in [0.25, 0.3) is 0 Å². The Morgan fingerprint density at radius 3 is 2.30 bits per heavy atom. The van der Waals surface area contributed by atoms with Crippen molar-refractivity contribution in [1.82, 2.24) is 0 Å². The summed E-state index contributed by atoms with van der Waals surface area (Å²) in [7, 11) is -3.80. The number of nitrogens with one attached hydrogen (secondary N) is 1. The zero-order chi connectivity index (χ0) is 21.9. The molecule has 1 N–H and O–H groups in total. The Bertz CT molecular complexity index is 1020. The first-order valence-electron chi connectivity index (χ1n) is 9.67. The Hall–Kier alpha value is -2.94. The molecule has 1 saturated heterocycles. The quantitative estimate of drug-likeness (QED) is 0.727. The van der Waals surface area contributed by atoms with Gasteiger partial charge in [0.1, 0.15) is 11.9 Å². The van der Waals surface area contributed by atoms with Gasteiger partial charge in [-0.15, -0.1) is 0 Å². The topological polar surface area (TPSA) is 86.8 Å². The number of sulfonamides is 1. The van der Waals surface area contributed by atoms with Crippen LogP contribution >= 0.6 is 0 Å². The van der Waals surface area contributed by atoms with Gasteiger partial charge in [-0.1, -0.05) is 6.92 Å². The maximum atomic E-state index is 13.3. The number of carbonyl (C=O) groups is 2. The van der Waals surface area contributed by atoms with Crippen LogP contribution in [-0.4, -0.2) is 39.1 Å². The Balaban J connectivity index is 1.80. The summed E-state index contributed by atoms with van der Waals surface area (Å²) in [6.07, 6.45) is 2.58. The van der Waals surface area contributed by atoms with Crippen LogP contribution in [0.3, 0.4) is 0 Å². The van der Waals surface area contributed by atoms with Crippen LogP contribution in [0, 0.1) is 5.82 Å². The summed E-state index contributed by atoms with van der Waals surface area (Å²) >= 11 is 0. The molecule has 0 aliphatic carbocycles. The molecule has 1 aliphatic heterocycles. The summed E-state index contributed by atoms with van der Waals surface area (Å²) < 4.78 is 39.1. The smallest absolute Gasteiger partial charge is 0.248 e. The Morgan fingerprint density at radius 1 is 1.17 bits per heavy atom. The molecule has 2 aromatic carbocycles. The molecular formula is C21H24FN3O4S. The molecular weight excluding hydrogens is 409 g/mol. The second kappa shape index (κ2) is 8.83. The second-order valence-corrected chi connectivity index (χ2v) is 9.00. The number of hydrogen-bond acceptors (Lipinski definition) is 4. The molecule has 1 heterocycles. The molecule has 7 nitrogen and oxygen atoms in total. The number of anilines is 3. The first-order chi connectivity index (χ1) is 14.2. The highest BCUT2D eigenvalue weighted by molar-refractivity contribution is 7.92. The van der Waals surface area contributed by atoms with E-state index in [0.717, 1.165) is 34.8 Å². The van der Waals surface area contributed by atoms with Gasteiger partial charge in [-0.05, 0) is 61.4 Å². The van der Waals surface area contributed by atoms with Gasteiger partial charge in [-0.25, -0.2) is 12.8 Å². The molecule has 0 radical (unpaired) electrons. The minimum absolute atomic E-state index is 0.0703. The lowest BCUT2D eigenvalue weighted by molar-refractivity contribution is -0.118. The molecule has 3 rings (SSSR count). The van der Waals surface area contributed by atoms with Gasteiger partial charge in [-0.2, -0.15) is 0 Å². The van der Waals surface area contributed by atoms with Crippen LogP contribution in [0.4, 0.5) is 21.5 Å². The van der Waals surface area contributed by atoms with E-state index in [4.69, 9.17) is 0 Å². The molecule has 0 saturated carbocycles. The molecule has 160 valence electrons. The second-order valence-electron chi connectivity index (χ2n) is 7.14. The largest absolute Gasteiger partial charge is 0.324 e. The Labute approximate surface area is 175 Å². The van der Waals surface area contributed by atoms with E-state index in [1.807, 2.05) is 0 Å². The number of rotatable bonds is 7. The van der Waals surface area contributed by atoms with Gasteiger partial charge in [0.25, 0.3) is 0 Å². The number of nitrogens with zero attached hydrogens (tertiary/aromatic N) is 2. The van der Waals surface area contributed by atoms with Crippen LogP contribution in [0.2, 0.25) is 0 Å². The molecule has 0 unspecified atom stereocenters. The van der Waals surface area contributed by atoms with Crippen molar-refractivity contribution < 1.29 is 22.4 Å². The van der Waals surface area contributed by atoms with Gasteiger partial charge in [0, 0.05) is 24.3 Å². The number of hydrogen-bond donors (Lipinski definition) is 1. The van der Waals surface area contributed by atoms with Crippen LogP contribution in [0.5, 0.6) is 0 Å². The number of halogens is 1. The standard InChI is InChI=1S/C21H24FN3O4S/c1-3-19(25(30(2,28)29)18-10-6-15(22)7-11-18)21(27)23-16-8-12-17(13-9-16)24-14-4-5-20(24)26/h6-13,19H,3-5,14H2,1-2H3,(H,23,27)/t19-/m0/s1. The number of amides is 2. The van der Waals surface area contributed by atoms with Crippen molar-refractivity contribution in [2.45, 2.75) is 32.2 Å². The van der Waals surface area contributed by atoms with E-state index in [0.29, 0.717) is 18.7 Å². The van der Waals surface area contributed by atoms with Crippen molar-refractivity contribution in [1.29, 1.82) is 0 Å². The van der Waals surface area contributed by atoms with E-state index in [1.54, 1.807) is 36.1 Å². The van der Waals surface area contributed by atoms with Crippen LogP contribution in [0.15, 0.2) is 48.5 Å². The molecule has 9 heteroatoms. The summed E-state index contributed by atoms with van der Waals surface area (Å²) in [6.45, 7) is 2.37. The molecule has 1 aliphatic rings. The molecule has 0 bridgehead atoms. The minimum Gasteiger partial charge on any atom is -0.324 e. The maximum Gasteiger partial charge on any atom is 0.248 e. The monoisotopic (exact) mass is 433 g/mol. The van der Waals surface area contributed by atoms with Crippen molar-refractivity contribution in [3.05, 3.63) is 54.3 Å². The SMILES string of the molecule is CC[C@@H](C(=O)Nc1ccc(N2CCCC2=O)cc1)N(c1ccc(F)cc1)S(C)(=O)=O. The first-order valence-corrected chi connectivity index (χ1v) is 11.5. The lowest BCUT2D eigenvalue weighted by atomic mass is 10.1.